The van der Waals surface area contributed by atoms with Crippen LogP contribution in [0, 0.1) is 5.41 Å². The number of hydrogen-bond acceptors (Lipinski definition) is 3. The third-order valence-electron chi connectivity index (χ3n) is 5.69. The van der Waals surface area contributed by atoms with Crippen molar-refractivity contribution in [1.82, 2.24) is 9.88 Å². The first-order valence-corrected chi connectivity index (χ1v) is 8.91. The zero-order valence-corrected chi connectivity index (χ0v) is 14.5. The fraction of sp³-hybridized carbons (Fsp3) is 0.333. The Morgan fingerprint density at radius 3 is 2.56 bits per heavy atom. The Labute approximate surface area is 148 Å². The number of aromatic nitrogens is 1. The second kappa shape index (κ2) is 5.53. The first kappa shape index (κ1) is 14.8. The summed E-state index contributed by atoms with van der Waals surface area (Å²) in [5, 5.41) is 1.36. The predicted molar refractivity (Wildman–Crippen MR) is 101 cm³/mol. The summed E-state index contributed by atoms with van der Waals surface area (Å²) >= 11 is 0. The molecule has 0 aliphatic carbocycles. The van der Waals surface area contributed by atoms with Gasteiger partial charge in [-0.1, -0.05) is 12.1 Å². The third-order valence-corrected chi connectivity index (χ3v) is 5.69. The molecule has 2 aliphatic heterocycles. The summed E-state index contributed by atoms with van der Waals surface area (Å²) in [5.41, 5.74) is 4.48. The molecule has 4 nitrogen and oxygen atoms in total. The van der Waals surface area contributed by atoms with Crippen molar-refractivity contribution >= 4 is 16.6 Å². The number of hydrogen-bond donors (Lipinski definition) is 1. The van der Waals surface area contributed by atoms with Gasteiger partial charge < -0.3 is 14.6 Å². The van der Waals surface area contributed by atoms with E-state index in [2.05, 4.69) is 51.2 Å². The Morgan fingerprint density at radius 1 is 1.00 bits per heavy atom. The van der Waals surface area contributed by atoms with Gasteiger partial charge in [0.1, 0.15) is 5.75 Å². The number of methoxy groups -OCH3 is 1. The van der Waals surface area contributed by atoms with Crippen molar-refractivity contribution in [2.75, 3.05) is 38.2 Å². The van der Waals surface area contributed by atoms with E-state index in [-0.39, 0.29) is 0 Å². The maximum absolute atomic E-state index is 5.24. The summed E-state index contributed by atoms with van der Waals surface area (Å²) in [7, 11) is 1.71. The Hall–Kier alpha value is -2.46. The number of likely N-dealkylation sites (tertiary alicyclic amines) is 1. The summed E-state index contributed by atoms with van der Waals surface area (Å²) < 4.78 is 5.24. The third kappa shape index (κ3) is 2.48. The standard InChI is InChI=1S/C21H23N3O/c1-25-18-7-5-17(6-8-18)24-14-21(15-24)12-23(13-21)11-16-3-2-4-20-19(16)9-10-22-20/h2-10,22H,11-15H2,1H3. The molecule has 0 radical (unpaired) electrons. The lowest BCUT2D eigenvalue weighted by molar-refractivity contribution is -0.0270. The molecule has 0 amide bonds. The van der Waals surface area contributed by atoms with Gasteiger partial charge in [0.25, 0.3) is 0 Å². The van der Waals surface area contributed by atoms with Crippen LogP contribution in [0.4, 0.5) is 5.69 Å². The predicted octanol–water partition coefficient (Wildman–Crippen LogP) is 3.50. The van der Waals surface area contributed by atoms with Crippen molar-refractivity contribution in [3.8, 4) is 5.75 Å². The molecule has 128 valence electrons. The van der Waals surface area contributed by atoms with Gasteiger partial charge in [0.15, 0.2) is 0 Å². The van der Waals surface area contributed by atoms with Crippen molar-refractivity contribution in [2.24, 2.45) is 5.41 Å². The van der Waals surface area contributed by atoms with E-state index in [9.17, 15) is 0 Å². The highest BCUT2D eigenvalue weighted by Gasteiger charge is 2.51. The number of benzene rings is 2. The molecule has 3 heterocycles. The first-order valence-electron chi connectivity index (χ1n) is 8.91. The number of fused-ring (bicyclic) bond motifs is 1. The Bertz CT molecular complexity index is 885. The summed E-state index contributed by atoms with van der Waals surface area (Å²) in [4.78, 5) is 8.36. The molecule has 2 aliphatic rings. The molecule has 4 heteroatoms. The largest absolute Gasteiger partial charge is 0.497 e. The molecule has 1 spiro atoms. The molecule has 1 N–H and O–H groups in total. The lowest BCUT2D eigenvalue weighted by atomic mass is 9.72. The zero-order valence-electron chi connectivity index (χ0n) is 14.5. The molecule has 0 saturated carbocycles. The first-order chi connectivity index (χ1) is 12.2. The minimum absolute atomic E-state index is 0.506. The lowest BCUT2D eigenvalue weighted by Gasteiger charge is -2.61. The average molecular weight is 333 g/mol. The molecule has 25 heavy (non-hydrogen) atoms. The van der Waals surface area contributed by atoms with Crippen LogP contribution < -0.4 is 9.64 Å². The van der Waals surface area contributed by atoms with Gasteiger partial charge >= 0.3 is 0 Å². The molecule has 0 unspecified atom stereocenters. The van der Waals surface area contributed by atoms with Gasteiger partial charge in [-0.25, -0.2) is 0 Å². The van der Waals surface area contributed by atoms with Gasteiger partial charge in [-0.15, -0.1) is 0 Å². The zero-order chi connectivity index (χ0) is 16.9. The van der Waals surface area contributed by atoms with Crippen LogP contribution in [0.2, 0.25) is 0 Å². The van der Waals surface area contributed by atoms with Gasteiger partial charge in [0, 0.05) is 60.9 Å². The van der Waals surface area contributed by atoms with E-state index in [1.807, 2.05) is 18.3 Å². The molecule has 2 fully saturated rings. The molecule has 5 rings (SSSR count). The van der Waals surface area contributed by atoms with Crippen LogP contribution in [-0.4, -0.2) is 43.2 Å². The molecule has 2 saturated heterocycles. The highest BCUT2D eigenvalue weighted by molar-refractivity contribution is 5.82. The number of ether oxygens (including phenoxy) is 1. The minimum atomic E-state index is 0.506. The number of H-pyrrole nitrogens is 1. The Balaban J connectivity index is 1.19. The summed E-state index contributed by atoms with van der Waals surface area (Å²) in [6.07, 6.45) is 2.03. The average Bonchev–Trinajstić information content (AvgIpc) is 3.05. The SMILES string of the molecule is COc1ccc(N2CC3(CN(Cc4cccc5[nH]ccc45)C3)C2)cc1. The summed E-state index contributed by atoms with van der Waals surface area (Å²) in [6.45, 7) is 5.81. The van der Waals surface area contributed by atoms with Crippen LogP contribution in [0.5, 0.6) is 5.75 Å². The van der Waals surface area contributed by atoms with Crippen LogP contribution in [0.25, 0.3) is 10.9 Å². The van der Waals surface area contributed by atoms with E-state index >= 15 is 0 Å². The van der Waals surface area contributed by atoms with E-state index in [0.29, 0.717) is 5.41 Å². The Kier molecular flexibility index (Phi) is 3.28. The smallest absolute Gasteiger partial charge is 0.119 e. The maximum Gasteiger partial charge on any atom is 0.119 e. The van der Waals surface area contributed by atoms with Crippen LogP contribution in [0.3, 0.4) is 0 Å². The van der Waals surface area contributed by atoms with E-state index in [0.717, 1.165) is 12.3 Å². The highest BCUT2D eigenvalue weighted by atomic mass is 16.5. The second-order valence-electron chi connectivity index (χ2n) is 7.56. The van der Waals surface area contributed by atoms with E-state index in [1.165, 1.54) is 48.3 Å². The Morgan fingerprint density at radius 2 is 1.80 bits per heavy atom. The quantitative estimate of drug-likeness (QED) is 0.793. The normalized spacial score (nSPS) is 19.0. The lowest BCUT2D eigenvalue weighted by Crippen LogP contribution is -2.71. The van der Waals surface area contributed by atoms with Crippen LogP contribution >= 0.6 is 0 Å². The number of anilines is 1. The topological polar surface area (TPSA) is 31.5 Å². The van der Waals surface area contributed by atoms with Gasteiger partial charge in [0.2, 0.25) is 0 Å². The number of rotatable bonds is 4. The molecule has 1 aromatic heterocycles. The summed E-state index contributed by atoms with van der Waals surface area (Å²) in [6, 6.07) is 17.2. The monoisotopic (exact) mass is 333 g/mol. The highest BCUT2D eigenvalue weighted by Crippen LogP contribution is 2.42. The number of aromatic amines is 1. The van der Waals surface area contributed by atoms with E-state index < -0.39 is 0 Å². The molecule has 3 aromatic rings. The molecule has 0 atom stereocenters. The fourth-order valence-electron chi connectivity index (χ4n) is 4.48. The van der Waals surface area contributed by atoms with Gasteiger partial charge in [-0.3, -0.25) is 4.90 Å². The second-order valence-corrected chi connectivity index (χ2v) is 7.56. The van der Waals surface area contributed by atoms with Crippen molar-refractivity contribution in [2.45, 2.75) is 6.54 Å². The van der Waals surface area contributed by atoms with Crippen LogP contribution in [-0.2, 0) is 6.54 Å². The number of nitrogens with zero attached hydrogens (tertiary/aromatic N) is 2. The van der Waals surface area contributed by atoms with E-state index in [4.69, 9.17) is 4.74 Å². The minimum Gasteiger partial charge on any atom is -0.497 e. The maximum atomic E-state index is 5.24. The molecule has 2 aromatic carbocycles. The van der Waals surface area contributed by atoms with Crippen molar-refractivity contribution in [3.63, 3.8) is 0 Å². The summed E-state index contributed by atoms with van der Waals surface area (Å²) in [5.74, 6) is 0.924. The molecule has 0 bridgehead atoms. The molecular weight excluding hydrogens is 310 g/mol. The van der Waals surface area contributed by atoms with Crippen LogP contribution in [0.15, 0.2) is 54.7 Å². The van der Waals surface area contributed by atoms with Gasteiger partial charge in [-0.05, 0) is 42.0 Å². The van der Waals surface area contributed by atoms with Crippen molar-refractivity contribution in [1.29, 1.82) is 0 Å². The van der Waals surface area contributed by atoms with Crippen molar-refractivity contribution < 1.29 is 4.74 Å². The molecular formula is C21H23N3O. The fourth-order valence-corrected chi connectivity index (χ4v) is 4.48. The van der Waals surface area contributed by atoms with E-state index in [1.54, 1.807) is 7.11 Å². The number of nitrogens with one attached hydrogen (secondary N) is 1. The van der Waals surface area contributed by atoms with Crippen molar-refractivity contribution in [3.05, 3.63) is 60.3 Å². The van der Waals surface area contributed by atoms with Gasteiger partial charge in [-0.2, -0.15) is 0 Å². The van der Waals surface area contributed by atoms with Gasteiger partial charge in [0.05, 0.1) is 7.11 Å². The van der Waals surface area contributed by atoms with Crippen LogP contribution in [0.1, 0.15) is 5.56 Å².